The molecule has 4 nitrogen and oxygen atoms in total. The van der Waals surface area contributed by atoms with Gasteiger partial charge in [0.1, 0.15) is 11.7 Å². The lowest BCUT2D eigenvalue weighted by atomic mass is 9.99. The molecule has 0 spiro atoms. The smallest absolute Gasteiger partial charge is 0.314 e. The summed E-state index contributed by atoms with van der Waals surface area (Å²) in [6.45, 7) is 5.05. The molecule has 0 saturated heterocycles. The van der Waals surface area contributed by atoms with E-state index in [0.717, 1.165) is 24.5 Å². The molecule has 1 atom stereocenters. The van der Waals surface area contributed by atoms with E-state index in [2.05, 4.69) is 18.8 Å². The number of rotatable bonds is 2. The van der Waals surface area contributed by atoms with Crippen molar-refractivity contribution in [1.82, 2.24) is 9.55 Å². The van der Waals surface area contributed by atoms with Crippen LogP contribution in [0, 0.1) is 0 Å². The maximum atomic E-state index is 11.0. The Morgan fingerprint density at radius 3 is 3.00 bits per heavy atom. The topological polar surface area (TPSA) is 55.1 Å². The second kappa shape index (κ2) is 3.68. The largest absolute Gasteiger partial charge is 0.481 e. The van der Waals surface area contributed by atoms with Gasteiger partial charge in [-0.3, -0.25) is 4.79 Å². The molecule has 0 aliphatic carbocycles. The Bertz CT molecular complexity index is 382. The summed E-state index contributed by atoms with van der Waals surface area (Å²) in [4.78, 5) is 15.5. The molecule has 1 aromatic rings. The zero-order valence-electron chi connectivity index (χ0n) is 9.10. The first kappa shape index (κ1) is 10.2. The molecule has 2 heterocycles. The van der Waals surface area contributed by atoms with Gasteiger partial charge in [-0.25, -0.2) is 4.98 Å². The van der Waals surface area contributed by atoms with Gasteiger partial charge >= 0.3 is 5.97 Å². The molecule has 2 rings (SSSR count). The molecule has 0 radical (unpaired) electrons. The fourth-order valence-electron chi connectivity index (χ4n) is 2.02. The molecule has 0 aromatic carbocycles. The number of imidazole rings is 1. The van der Waals surface area contributed by atoms with E-state index in [1.54, 1.807) is 0 Å². The van der Waals surface area contributed by atoms with Crippen LogP contribution in [0.1, 0.15) is 50.0 Å². The number of hydrogen-bond acceptors (Lipinski definition) is 2. The van der Waals surface area contributed by atoms with E-state index < -0.39 is 11.9 Å². The highest BCUT2D eigenvalue weighted by molar-refractivity contribution is 5.75. The van der Waals surface area contributed by atoms with Crippen molar-refractivity contribution in [2.45, 2.75) is 45.1 Å². The molecule has 1 aromatic heterocycles. The lowest BCUT2D eigenvalue weighted by Crippen LogP contribution is -2.21. The Morgan fingerprint density at radius 2 is 2.40 bits per heavy atom. The third-order valence-corrected chi connectivity index (χ3v) is 2.92. The maximum Gasteiger partial charge on any atom is 0.314 e. The molecule has 0 amide bonds. The minimum absolute atomic E-state index is 0.359. The predicted octanol–water partition coefficient (Wildman–Crippen LogP) is 1.97. The zero-order valence-corrected chi connectivity index (χ0v) is 9.10. The Morgan fingerprint density at radius 1 is 1.67 bits per heavy atom. The molecule has 1 N–H and O–H groups in total. The van der Waals surface area contributed by atoms with Gasteiger partial charge in [-0.05, 0) is 18.8 Å². The van der Waals surface area contributed by atoms with Crippen LogP contribution in [0.15, 0.2) is 6.20 Å². The molecular formula is C11H16N2O2. The Labute approximate surface area is 88.9 Å². The second-order valence-electron chi connectivity index (χ2n) is 4.41. The van der Waals surface area contributed by atoms with Gasteiger partial charge in [-0.2, -0.15) is 0 Å². The number of nitrogens with zero attached hydrogens (tertiary/aromatic N) is 2. The number of carbonyl (C=O) groups is 1. The first-order valence-corrected chi connectivity index (χ1v) is 5.39. The van der Waals surface area contributed by atoms with E-state index in [0.29, 0.717) is 12.3 Å². The Hall–Kier alpha value is -1.32. The molecule has 82 valence electrons. The first-order valence-electron chi connectivity index (χ1n) is 5.39. The average molecular weight is 208 g/mol. The van der Waals surface area contributed by atoms with E-state index in [1.807, 2.05) is 10.8 Å². The van der Waals surface area contributed by atoms with Gasteiger partial charge in [-0.15, -0.1) is 0 Å². The van der Waals surface area contributed by atoms with Crippen LogP contribution in [-0.2, 0) is 11.3 Å². The van der Waals surface area contributed by atoms with Crippen molar-refractivity contribution in [3.05, 3.63) is 17.7 Å². The Balaban J connectivity index is 2.38. The average Bonchev–Trinajstić information content (AvgIpc) is 2.60. The third kappa shape index (κ3) is 1.76. The van der Waals surface area contributed by atoms with E-state index in [1.165, 1.54) is 0 Å². The van der Waals surface area contributed by atoms with E-state index in [4.69, 9.17) is 5.11 Å². The number of carboxylic acids is 1. The van der Waals surface area contributed by atoms with Crippen LogP contribution in [-0.4, -0.2) is 20.6 Å². The first-order chi connectivity index (χ1) is 7.09. The summed E-state index contributed by atoms with van der Waals surface area (Å²) in [7, 11) is 0. The number of aromatic nitrogens is 2. The summed E-state index contributed by atoms with van der Waals surface area (Å²) in [5, 5.41) is 9.08. The fourth-order valence-corrected chi connectivity index (χ4v) is 2.02. The lowest BCUT2D eigenvalue weighted by molar-refractivity contribution is -0.139. The van der Waals surface area contributed by atoms with Crippen molar-refractivity contribution in [2.24, 2.45) is 0 Å². The third-order valence-electron chi connectivity index (χ3n) is 2.92. The standard InChI is InChI=1S/C11H16N2O2/c1-7(2)9-6-13-5-3-4-8(11(14)15)10(13)12-9/h6-8H,3-5H2,1-2H3,(H,14,15)/t8-/m1/s1. The number of hydrogen-bond donors (Lipinski definition) is 1. The van der Waals surface area contributed by atoms with Crippen molar-refractivity contribution in [3.63, 3.8) is 0 Å². The van der Waals surface area contributed by atoms with E-state index in [-0.39, 0.29) is 0 Å². The van der Waals surface area contributed by atoms with Gasteiger partial charge in [0.15, 0.2) is 0 Å². The van der Waals surface area contributed by atoms with Crippen molar-refractivity contribution in [1.29, 1.82) is 0 Å². The maximum absolute atomic E-state index is 11.0. The van der Waals surface area contributed by atoms with Gasteiger partial charge in [-0.1, -0.05) is 13.8 Å². The van der Waals surface area contributed by atoms with Crippen LogP contribution >= 0.6 is 0 Å². The summed E-state index contributed by atoms with van der Waals surface area (Å²) < 4.78 is 2.00. The summed E-state index contributed by atoms with van der Waals surface area (Å²) >= 11 is 0. The normalized spacial score (nSPS) is 20.3. The van der Waals surface area contributed by atoms with Gasteiger partial charge in [0.25, 0.3) is 0 Å². The zero-order chi connectivity index (χ0) is 11.0. The van der Waals surface area contributed by atoms with E-state index in [9.17, 15) is 4.79 Å². The number of aryl methyl sites for hydroxylation is 1. The van der Waals surface area contributed by atoms with Gasteiger partial charge in [0.05, 0.1) is 5.69 Å². The monoisotopic (exact) mass is 208 g/mol. The van der Waals surface area contributed by atoms with Crippen LogP contribution < -0.4 is 0 Å². The van der Waals surface area contributed by atoms with Crippen LogP contribution in [0.4, 0.5) is 0 Å². The molecular weight excluding hydrogens is 192 g/mol. The number of carboxylic acid groups (broad SMARTS) is 1. The molecule has 1 aliphatic rings. The minimum atomic E-state index is -0.753. The Kier molecular flexibility index (Phi) is 2.50. The van der Waals surface area contributed by atoms with Gasteiger partial charge < -0.3 is 9.67 Å². The summed E-state index contributed by atoms with van der Waals surface area (Å²) in [6.07, 6.45) is 3.64. The lowest BCUT2D eigenvalue weighted by Gasteiger charge is -2.19. The molecule has 0 saturated carbocycles. The number of fused-ring (bicyclic) bond motifs is 1. The summed E-state index contributed by atoms with van der Waals surface area (Å²) in [5.41, 5.74) is 0.998. The molecule has 0 unspecified atom stereocenters. The highest BCUT2D eigenvalue weighted by atomic mass is 16.4. The second-order valence-corrected chi connectivity index (χ2v) is 4.41. The highest BCUT2D eigenvalue weighted by Crippen LogP contribution is 2.28. The molecule has 4 heteroatoms. The summed E-state index contributed by atoms with van der Waals surface area (Å²) in [6, 6.07) is 0. The van der Waals surface area contributed by atoms with Crippen molar-refractivity contribution in [3.8, 4) is 0 Å². The van der Waals surface area contributed by atoms with Gasteiger partial charge in [0.2, 0.25) is 0 Å². The van der Waals surface area contributed by atoms with Crippen LogP contribution in [0.25, 0.3) is 0 Å². The van der Waals surface area contributed by atoms with Crippen LogP contribution in [0.2, 0.25) is 0 Å². The molecule has 0 bridgehead atoms. The van der Waals surface area contributed by atoms with Gasteiger partial charge in [0, 0.05) is 12.7 Å². The fraction of sp³-hybridized carbons (Fsp3) is 0.636. The van der Waals surface area contributed by atoms with Crippen molar-refractivity contribution < 1.29 is 9.90 Å². The summed E-state index contributed by atoms with van der Waals surface area (Å²) in [5.74, 6) is -0.0712. The van der Waals surface area contributed by atoms with Crippen LogP contribution in [0.5, 0.6) is 0 Å². The minimum Gasteiger partial charge on any atom is -0.481 e. The number of aliphatic carboxylic acids is 1. The van der Waals surface area contributed by atoms with Crippen molar-refractivity contribution in [2.75, 3.05) is 0 Å². The van der Waals surface area contributed by atoms with E-state index >= 15 is 0 Å². The highest BCUT2D eigenvalue weighted by Gasteiger charge is 2.28. The van der Waals surface area contributed by atoms with Crippen molar-refractivity contribution >= 4 is 5.97 Å². The molecule has 1 aliphatic heterocycles. The predicted molar refractivity (Wildman–Crippen MR) is 55.9 cm³/mol. The van der Waals surface area contributed by atoms with Crippen LogP contribution in [0.3, 0.4) is 0 Å². The molecule has 15 heavy (non-hydrogen) atoms. The SMILES string of the molecule is CC(C)c1cn2c(n1)[C@H](C(=O)O)CCC2. The quantitative estimate of drug-likeness (QED) is 0.808. The molecule has 0 fully saturated rings.